The largest absolute Gasteiger partial charge is 0.460 e. The van der Waals surface area contributed by atoms with Crippen molar-refractivity contribution in [2.24, 2.45) is 0 Å². The lowest BCUT2D eigenvalue weighted by molar-refractivity contribution is -0.137. The number of esters is 1. The summed E-state index contributed by atoms with van der Waals surface area (Å²) in [5, 5.41) is 0. The van der Waals surface area contributed by atoms with Gasteiger partial charge in [0, 0.05) is 5.56 Å². The van der Waals surface area contributed by atoms with Gasteiger partial charge in [-0.25, -0.2) is 4.79 Å². The van der Waals surface area contributed by atoms with Crippen LogP contribution in [0.2, 0.25) is 0 Å². The predicted molar refractivity (Wildman–Crippen MR) is 56.9 cm³/mol. The van der Waals surface area contributed by atoms with Crippen LogP contribution >= 0.6 is 0 Å². The molecular weight excluding hydrogens is 192 g/mol. The van der Waals surface area contributed by atoms with Crippen molar-refractivity contribution in [1.82, 2.24) is 0 Å². The number of carbonyl (C=O) groups excluding carboxylic acids is 2. The van der Waals surface area contributed by atoms with Crippen LogP contribution in [0.3, 0.4) is 0 Å². The zero-order valence-corrected chi connectivity index (χ0v) is 9.16. The molecule has 0 heterocycles. The fraction of sp³-hybridized carbons (Fsp3) is 0.333. The molecule has 0 aliphatic carbocycles. The van der Waals surface area contributed by atoms with Gasteiger partial charge in [-0.3, -0.25) is 4.79 Å². The molecule has 15 heavy (non-hydrogen) atoms. The third kappa shape index (κ3) is 2.65. The summed E-state index contributed by atoms with van der Waals surface area (Å²) in [5.74, 6) is -1.36. The Hall–Kier alpha value is -1.64. The fourth-order valence-corrected chi connectivity index (χ4v) is 1.29. The van der Waals surface area contributed by atoms with Crippen LogP contribution in [0.15, 0.2) is 18.2 Å². The SMILES string of the molecule is CCOC(=O)C(=O)c1cc(C)ccc1C. The van der Waals surface area contributed by atoms with Gasteiger partial charge >= 0.3 is 5.97 Å². The van der Waals surface area contributed by atoms with Crippen molar-refractivity contribution in [1.29, 1.82) is 0 Å². The van der Waals surface area contributed by atoms with Crippen LogP contribution < -0.4 is 0 Å². The summed E-state index contributed by atoms with van der Waals surface area (Å²) in [6, 6.07) is 5.42. The summed E-state index contributed by atoms with van der Waals surface area (Å²) >= 11 is 0. The van der Waals surface area contributed by atoms with E-state index in [1.54, 1.807) is 19.9 Å². The highest BCUT2D eigenvalue weighted by Gasteiger charge is 2.19. The van der Waals surface area contributed by atoms with E-state index in [9.17, 15) is 9.59 Å². The lowest BCUT2D eigenvalue weighted by Crippen LogP contribution is -2.18. The molecule has 0 bridgehead atoms. The van der Waals surface area contributed by atoms with E-state index in [1.165, 1.54) is 0 Å². The van der Waals surface area contributed by atoms with Crippen molar-refractivity contribution in [3.8, 4) is 0 Å². The van der Waals surface area contributed by atoms with E-state index < -0.39 is 11.8 Å². The summed E-state index contributed by atoms with van der Waals surface area (Å²) in [6.07, 6.45) is 0. The average Bonchev–Trinajstić information content (AvgIpc) is 2.21. The lowest BCUT2D eigenvalue weighted by Gasteiger charge is -2.05. The summed E-state index contributed by atoms with van der Waals surface area (Å²) < 4.78 is 4.66. The molecule has 0 aromatic heterocycles. The molecule has 0 aliphatic heterocycles. The number of benzene rings is 1. The first kappa shape index (κ1) is 11.4. The molecule has 0 spiro atoms. The maximum Gasteiger partial charge on any atom is 0.379 e. The van der Waals surface area contributed by atoms with Gasteiger partial charge in [0.25, 0.3) is 5.78 Å². The molecule has 0 saturated carbocycles. The van der Waals surface area contributed by atoms with Crippen LogP contribution in [0.4, 0.5) is 0 Å². The summed E-state index contributed by atoms with van der Waals surface area (Å²) in [7, 11) is 0. The molecule has 0 amide bonds. The first-order valence-corrected chi connectivity index (χ1v) is 4.85. The second-order valence-electron chi connectivity index (χ2n) is 3.37. The minimum absolute atomic E-state index is 0.218. The minimum Gasteiger partial charge on any atom is -0.460 e. The molecular formula is C12H14O3. The highest BCUT2D eigenvalue weighted by atomic mass is 16.5. The van der Waals surface area contributed by atoms with Gasteiger partial charge in [-0.15, -0.1) is 0 Å². The quantitative estimate of drug-likeness (QED) is 0.432. The molecule has 1 aromatic carbocycles. The van der Waals surface area contributed by atoms with Crippen molar-refractivity contribution >= 4 is 11.8 Å². The molecule has 1 aromatic rings. The second kappa shape index (κ2) is 4.73. The van der Waals surface area contributed by atoms with Gasteiger partial charge in [-0.2, -0.15) is 0 Å². The Morgan fingerprint density at radius 2 is 1.93 bits per heavy atom. The van der Waals surface area contributed by atoms with E-state index in [0.717, 1.165) is 11.1 Å². The van der Waals surface area contributed by atoms with E-state index in [4.69, 9.17) is 0 Å². The smallest absolute Gasteiger partial charge is 0.379 e. The molecule has 0 N–H and O–H groups in total. The summed E-state index contributed by atoms with van der Waals surface area (Å²) in [4.78, 5) is 22.9. The Kier molecular flexibility index (Phi) is 3.61. The van der Waals surface area contributed by atoms with Crippen molar-refractivity contribution in [3.05, 3.63) is 34.9 Å². The zero-order chi connectivity index (χ0) is 11.4. The van der Waals surface area contributed by atoms with Gasteiger partial charge in [0.05, 0.1) is 6.61 Å². The van der Waals surface area contributed by atoms with E-state index in [2.05, 4.69) is 4.74 Å². The molecule has 0 atom stereocenters. The van der Waals surface area contributed by atoms with Crippen LogP contribution in [0.5, 0.6) is 0 Å². The molecule has 0 radical (unpaired) electrons. The van der Waals surface area contributed by atoms with Crippen LogP contribution in [0.25, 0.3) is 0 Å². The Balaban J connectivity index is 3.00. The fourth-order valence-electron chi connectivity index (χ4n) is 1.29. The third-order valence-electron chi connectivity index (χ3n) is 2.10. The van der Waals surface area contributed by atoms with Crippen LogP contribution in [-0.2, 0) is 9.53 Å². The molecule has 3 nitrogen and oxygen atoms in total. The third-order valence-corrected chi connectivity index (χ3v) is 2.10. The Labute approximate surface area is 89.1 Å². The van der Waals surface area contributed by atoms with Gasteiger partial charge in [0.1, 0.15) is 0 Å². The number of ketones is 1. The first-order chi connectivity index (χ1) is 7.06. The van der Waals surface area contributed by atoms with Gasteiger partial charge in [0.2, 0.25) is 0 Å². The number of aryl methyl sites for hydroxylation is 2. The first-order valence-electron chi connectivity index (χ1n) is 4.85. The summed E-state index contributed by atoms with van der Waals surface area (Å²) in [5.41, 5.74) is 2.17. The highest BCUT2D eigenvalue weighted by Crippen LogP contribution is 2.11. The highest BCUT2D eigenvalue weighted by molar-refractivity contribution is 6.41. The van der Waals surface area contributed by atoms with Crippen LogP contribution in [0, 0.1) is 13.8 Å². The molecule has 0 fully saturated rings. The molecule has 0 saturated heterocycles. The van der Waals surface area contributed by atoms with Crippen LogP contribution in [-0.4, -0.2) is 18.4 Å². The maximum absolute atomic E-state index is 11.6. The van der Waals surface area contributed by atoms with Crippen molar-refractivity contribution in [3.63, 3.8) is 0 Å². The van der Waals surface area contributed by atoms with Crippen LogP contribution in [0.1, 0.15) is 28.4 Å². The van der Waals surface area contributed by atoms with Crippen molar-refractivity contribution < 1.29 is 14.3 Å². The van der Waals surface area contributed by atoms with Crippen molar-refractivity contribution in [2.45, 2.75) is 20.8 Å². The molecule has 80 valence electrons. The lowest BCUT2D eigenvalue weighted by atomic mass is 10.0. The van der Waals surface area contributed by atoms with Gasteiger partial charge in [-0.05, 0) is 32.4 Å². The van der Waals surface area contributed by atoms with E-state index in [-0.39, 0.29) is 6.61 Å². The molecule has 0 aliphatic rings. The zero-order valence-electron chi connectivity index (χ0n) is 9.16. The average molecular weight is 206 g/mol. The second-order valence-corrected chi connectivity index (χ2v) is 3.37. The maximum atomic E-state index is 11.6. The minimum atomic E-state index is -0.786. The number of hydrogen-bond donors (Lipinski definition) is 0. The number of hydrogen-bond acceptors (Lipinski definition) is 3. The number of ether oxygens (including phenoxy) is 1. The monoisotopic (exact) mass is 206 g/mol. The standard InChI is InChI=1S/C12H14O3/c1-4-15-12(14)11(13)10-7-8(2)5-6-9(10)3/h5-7H,4H2,1-3H3. The Bertz CT molecular complexity index is 394. The van der Waals surface area contributed by atoms with Gasteiger partial charge in [-0.1, -0.05) is 17.7 Å². The molecule has 0 unspecified atom stereocenters. The van der Waals surface area contributed by atoms with Gasteiger partial charge in [0.15, 0.2) is 0 Å². The molecule has 1 rings (SSSR count). The summed E-state index contributed by atoms with van der Waals surface area (Å²) in [6.45, 7) is 5.57. The number of Topliss-reactive ketones (excluding diaryl/α,β-unsaturated/α-hetero) is 1. The van der Waals surface area contributed by atoms with E-state index >= 15 is 0 Å². The topological polar surface area (TPSA) is 43.4 Å². The normalized spacial score (nSPS) is 9.80. The van der Waals surface area contributed by atoms with Gasteiger partial charge < -0.3 is 4.74 Å². The Morgan fingerprint density at radius 1 is 1.27 bits per heavy atom. The number of rotatable bonds is 3. The molecule has 3 heteroatoms. The predicted octanol–water partition coefficient (Wildman–Crippen LogP) is 2.05. The van der Waals surface area contributed by atoms with Crippen molar-refractivity contribution in [2.75, 3.05) is 6.61 Å². The van der Waals surface area contributed by atoms with E-state index in [0.29, 0.717) is 5.56 Å². The van der Waals surface area contributed by atoms with E-state index in [1.807, 2.05) is 19.1 Å². The Morgan fingerprint density at radius 3 is 2.53 bits per heavy atom. The number of carbonyl (C=O) groups is 2.